The summed E-state index contributed by atoms with van der Waals surface area (Å²) >= 11 is 0. The predicted molar refractivity (Wildman–Crippen MR) is 69.8 cm³/mol. The zero-order valence-corrected chi connectivity index (χ0v) is 12.1. The second-order valence-corrected chi connectivity index (χ2v) is 6.18. The molecule has 124 valence electrons. The van der Waals surface area contributed by atoms with Crippen LogP contribution in [0.5, 0.6) is 0 Å². The molecule has 0 saturated carbocycles. The van der Waals surface area contributed by atoms with E-state index in [2.05, 4.69) is 5.10 Å². The molecule has 1 aromatic heterocycles. The van der Waals surface area contributed by atoms with Gasteiger partial charge in [-0.05, 0) is 24.3 Å². The molecule has 2 rings (SSSR count). The molecule has 6 nitrogen and oxygen atoms in total. The Balaban J connectivity index is 2.56. The lowest BCUT2D eigenvalue weighted by molar-refractivity contribution is -0.143. The second-order valence-electron chi connectivity index (χ2n) is 4.54. The Morgan fingerprint density at radius 1 is 1.22 bits per heavy atom. The molecule has 0 saturated heterocycles. The van der Waals surface area contributed by atoms with Gasteiger partial charge in [-0.2, -0.15) is 18.3 Å². The molecule has 1 aromatic carbocycles. The average molecular weight is 352 g/mol. The molecule has 0 bridgehead atoms. The quantitative estimate of drug-likeness (QED) is 0.501. The minimum Gasteiger partial charge on any atom is -0.324 e. The largest absolute Gasteiger partial charge is 0.434 e. The number of ketones is 1. The Labute approximate surface area is 126 Å². The van der Waals surface area contributed by atoms with Gasteiger partial charge in [0.05, 0.1) is 17.4 Å². The van der Waals surface area contributed by atoms with Crippen molar-refractivity contribution in [1.29, 1.82) is 0 Å². The van der Waals surface area contributed by atoms with Crippen LogP contribution in [-0.4, -0.2) is 31.5 Å². The summed E-state index contributed by atoms with van der Waals surface area (Å²) in [6, 6.07) is 3.87. The lowest BCUT2D eigenvalue weighted by Crippen LogP contribution is -2.18. The van der Waals surface area contributed by atoms with E-state index in [4.69, 9.17) is 9.79 Å². The van der Waals surface area contributed by atoms with Crippen LogP contribution in [0.4, 0.5) is 17.6 Å². The van der Waals surface area contributed by atoms with Crippen LogP contribution in [0.1, 0.15) is 16.1 Å². The van der Waals surface area contributed by atoms with E-state index in [1.54, 1.807) is 0 Å². The third-order valence-electron chi connectivity index (χ3n) is 2.76. The number of hydrogen-bond donors (Lipinski definition) is 2. The van der Waals surface area contributed by atoms with E-state index in [-0.39, 0.29) is 5.69 Å². The van der Waals surface area contributed by atoms with Crippen molar-refractivity contribution in [1.82, 2.24) is 9.78 Å². The number of carbonyl (C=O) groups excluding carboxylic acids is 1. The van der Waals surface area contributed by atoms with Gasteiger partial charge in [0.2, 0.25) is 0 Å². The van der Waals surface area contributed by atoms with Crippen molar-refractivity contribution in [2.75, 3.05) is 6.16 Å². The SMILES string of the molecule is O=C(CP(=O)(O)O)c1cnn(-c2ccc(F)cc2)c1C(F)(F)F. The molecule has 2 aromatic rings. The van der Waals surface area contributed by atoms with Crippen LogP contribution < -0.4 is 0 Å². The number of Topliss-reactive ketones (excluding diaryl/α,β-unsaturated/α-hetero) is 1. The van der Waals surface area contributed by atoms with Crippen molar-refractivity contribution in [3.05, 3.63) is 47.5 Å². The van der Waals surface area contributed by atoms with E-state index in [1.807, 2.05) is 0 Å². The van der Waals surface area contributed by atoms with E-state index in [0.717, 1.165) is 24.3 Å². The van der Waals surface area contributed by atoms with Gasteiger partial charge in [-0.15, -0.1) is 0 Å². The molecule has 1 heterocycles. The minimum atomic E-state index is -5.01. The molecule has 0 spiro atoms. The number of carbonyl (C=O) groups is 1. The normalized spacial score (nSPS) is 12.4. The number of halogens is 4. The van der Waals surface area contributed by atoms with Crippen LogP contribution in [0.2, 0.25) is 0 Å². The monoisotopic (exact) mass is 352 g/mol. The van der Waals surface area contributed by atoms with Crippen molar-refractivity contribution in [3.63, 3.8) is 0 Å². The van der Waals surface area contributed by atoms with Gasteiger partial charge in [0, 0.05) is 0 Å². The number of aromatic nitrogens is 2. The highest BCUT2D eigenvalue weighted by Crippen LogP contribution is 2.38. The number of alkyl halides is 3. The summed E-state index contributed by atoms with van der Waals surface area (Å²) in [7, 11) is -4.83. The van der Waals surface area contributed by atoms with Gasteiger partial charge in [0.1, 0.15) is 12.0 Å². The topological polar surface area (TPSA) is 92.4 Å². The summed E-state index contributed by atoms with van der Waals surface area (Å²) in [4.78, 5) is 29.2. The lowest BCUT2D eigenvalue weighted by atomic mass is 10.1. The first-order valence-electron chi connectivity index (χ1n) is 5.98. The number of benzene rings is 1. The Hall–Kier alpha value is -2.03. The molecular formula is C12H9F4N2O4P. The number of rotatable bonds is 4. The van der Waals surface area contributed by atoms with E-state index in [0.29, 0.717) is 10.9 Å². The molecular weight excluding hydrogens is 343 g/mol. The fourth-order valence-electron chi connectivity index (χ4n) is 1.88. The molecule has 0 aliphatic carbocycles. The predicted octanol–water partition coefficient (Wildman–Crippen LogP) is 2.39. The highest BCUT2D eigenvalue weighted by atomic mass is 31.2. The minimum absolute atomic E-state index is 0.158. The Kier molecular flexibility index (Phi) is 4.43. The van der Waals surface area contributed by atoms with Crippen LogP contribution in [0, 0.1) is 5.82 Å². The maximum Gasteiger partial charge on any atom is 0.434 e. The number of hydrogen-bond acceptors (Lipinski definition) is 3. The van der Waals surface area contributed by atoms with Gasteiger partial charge in [-0.1, -0.05) is 0 Å². The van der Waals surface area contributed by atoms with Gasteiger partial charge in [-0.3, -0.25) is 9.36 Å². The molecule has 11 heteroatoms. The number of nitrogens with zero attached hydrogens (tertiary/aromatic N) is 2. The summed E-state index contributed by atoms with van der Waals surface area (Å²) < 4.78 is 63.7. The van der Waals surface area contributed by atoms with Gasteiger partial charge in [0.15, 0.2) is 11.5 Å². The van der Waals surface area contributed by atoms with Crippen molar-refractivity contribution in [2.24, 2.45) is 0 Å². The molecule has 0 amide bonds. The first kappa shape index (κ1) is 17.3. The lowest BCUT2D eigenvalue weighted by Gasteiger charge is -2.12. The van der Waals surface area contributed by atoms with Crippen LogP contribution in [0.25, 0.3) is 5.69 Å². The first-order valence-corrected chi connectivity index (χ1v) is 7.78. The molecule has 0 fully saturated rings. The second kappa shape index (κ2) is 5.88. The maximum absolute atomic E-state index is 13.2. The summed E-state index contributed by atoms with van der Waals surface area (Å²) in [6.45, 7) is 0. The fraction of sp³-hybridized carbons (Fsp3) is 0.167. The van der Waals surface area contributed by atoms with Gasteiger partial charge < -0.3 is 9.79 Å². The van der Waals surface area contributed by atoms with Crippen LogP contribution >= 0.6 is 7.60 Å². The Morgan fingerprint density at radius 2 is 1.78 bits per heavy atom. The highest BCUT2D eigenvalue weighted by Gasteiger charge is 2.41. The summed E-state index contributed by atoms with van der Waals surface area (Å²) in [5, 5.41) is 3.43. The zero-order chi connectivity index (χ0) is 17.4. The average Bonchev–Trinajstić information content (AvgIpc) is 2.82. The fourth-order valence-corrected chi connectivity index (χ4v) is 2.42. The smallest absolute Gasteiger partial charge is 0.324 e. The molecule has 0 aliphatic heterocycles. The summed E-state index contributed by atoms with van der Waals surface area (Å²) in [6.07, 6.45) is -5.81. The van der Waals surface area contributed by atoms with Gasteiger partial charge in [0.25, 0.3) is 0 Å². The molecule has 0 unspecified atom stereocenters. The van der Waals surface area contributed by atoms with Crippen molar-refractivity contribution in [3.8, 4) is 5.69 Å². The van der Waals surface area contributed by atoms with Crippen LogP contribution in [0.3, 0.4) is 0 Å². The Bertz CT molecular complexity index is 779. The molecule has 0 radical (unpaired) electrons. The molecule has 0 atom stereocenters. The van der Waals surface area contributed by atoms with E-state index >= 15 is 0 Å². The van der Waals surface area contributed by atoms with Crippen molar-refractivity contribution < 1.29 is 36.7 Å². The van der Waals surface area contributed by atoms with Crippen molar-refractivity contribution in [2.45, 2.75) is 6.18 Å². The van der Waals surface area contributed by atoms with E-state index in [9.17, 15) is 26.9 Å². The van der Waals surface area contributed by atoms with Gasteiger partial charge >= 0.3 is 13.8 Å². The van der Waals surface area contributed by atoms with Gasteiger partial charge in [-0.25, -0.2) is 9.07 Å². The summed E-state index contributed by atoms with van der Waals surface area (Å²) in [5.74, 6) is -2.06. The van der Waals surface area contributed by atoms with E-state index in [1.165, 1.54) is 0 Å². The van der Waals surface area contributed by atoms with Crippen molar-refractivity contribution >= 4 is 13.4 Å². The standard InChI is InChI=1S/C12H9F4N2O4P/c13-7-1-3-8(4-2-7)18-11(12(14,15)16)9(5-17-18)10(19)6-23(20,21)22/h1-5H,6H2,(H2,20,21,22). The maximum atomic E-state index is 13.2. The molecule has 0 aliphatic rings. The molecule has 2 N–H and O–H groups in total. The zero-order valence-electron chi connectivity index (χ0n) is 11.2. The summed E-state index contributed by atoms with van der Waals surface area (Å²) in [5.41, 5.74) is -2.61. The third kappa shape index (κ3) is 4.04. The Morgan fingerprint density at radius 3 is 2.26 bits per heavy atom. The first-order chi connectivity index (χ1) is 10.5. The third-order valence-corrected chi connectivity index (χ3v) is 3.46. The molecule has 23 heavy (non-hydrogen) atoms. The highest BCUT2D eigenvalue weighted by molar-refractivity contribution is 7.52. The van der Waals surface area contributed by atoms with E-state index < -0.39 is 42.8 Å². The van der Waals surface area contributed by atoms with Crippen LogP contribution in [-0.2, 0) is 10.7 Å². The van der Waals surface area contributed by atoms with Crippen LogP contribution in [0.15, 0.2) is 30.5 Å².